The number of carbonyl (C=O) groups excluding carboxylic acids is 1. The zero-order valence-electron chi connectivity index (χ0n) is 10.4. The van der Waals surface area contributed by atoms with Crippen LogP contribution in [0.3, 0.4) is 0 Å². The summed E-state index contributed by atoms with van der Waals surface area (Å²) in [5.74, 6) is -1.65. The molecule has 0 aromatic carbocycles. The molecule has 0 spiro atoms. The van der Waals surface area contributed by atoms with Gasteiger partial charge in [-0.3, -0.25) is 9.59 Å². The molecule has 1 unspecified atom stereocenters. The van der Waals surface area contributed by atoms with Gasteiger partial charge in [-0.1, -0.05) is 26.8 Å². The summed E-state index contributed by atoms with van der Waals surface area (Å²) < 4.78 is 0. The molecular weight excluding hydrogens is 206 g/mol. The monoisotopic (exact) mass is 227 g/mol. The molecule has 0 aliphatic heterocycles. The van der Waals surface area contributed by atoms with Crippen LogP contribution in [0.25, 0.3) is 0 Å². The van der Waals surface area contributed by atoms with Gasteiger partial charge in [0.05, 0.1) is 5.92 Å². The number of carboxylic acid groups (broad SMARTS) is 1. The molecule has 0 saturated heterocycles. The highest BCUT2D eigenvalue weighted by Crippen LogP contribution is 2.24. The second kappa shape index (κ2) is 6.30. The van der Waals surface area contributed by atoms with Crippen molar-refractivity contribution in [2.75, 3.05) is 6.54 Å². The van der Waals surface area contributed by atoms with Gasteiger partial charge in [0.1, 0.15) is 0 Å². The number of carbonyl (C=O) groups is 2. The smallest absolute Gasteiger partial charge is 0.308 e. The Kier molecular flexibility index (Phi) is 5.78. The van der Waals surface area contributed by atoms with Gasteiger partial charge in [0.2, 0.25) is 5.91 Å². The summed E-state index contributed by atoms with van der Waals surface area (Å²) in [6.45, 7) is 7.86. The quantitative estimate of drug-likeness (QED) is 0.704. The van der Waals surface area contributed by atoms with Gasteiger partial charge in [-0.25, -0.2) is 0 Å². The van der Waals surface area contributed by atoms with Crippen LogP contribution in [-0.2, 0) is 9.59 Å². The number of carboxylic acids is 1. The molecular formula is C12H21NO3. The molecule has 4 nitrogen and oxygen atoms in total. The lowest BCUT2D eigenvalue weighted by Gasteiger charge is -2.23. The Morgan fingerprint density at radius 2 is 1.94 bits per heavy atom. The Morgan fingerprint density at radius 3 is 2.31 bits per heavy atom. The van der Waals surface area contributed by atoms with E-state index in [0.717, 1.165) is 0 Å². The summed E-state index contributed by atoms with van der Waals surface area (Å²) in [4.78, 5) is 22.1. The molecule has 0 radical (unpaired) electrons. The molecule has 1 atom stereocenters. The zero-order chi connectivity index (χ0) is 12.8. The fourth-order valence-corrected chi connectivity index (χ4v) is 1.42. The van der Waals surface area contributed by atoms with Crippen molar-refractivity contribution < 1.29 is 14.7 Å². The van der Waals surface area contributed by atoms with Gasteiger partial charge < -0.3 is 10.4 Å². The second-order valence-corrected chi connectivity index (χ2v) is 5.05. The third kappa shape index (κ3) is 7.04. The van der Waals surface area contributed by atoms with Crippen molar-refractivity contribution in [3.05, 3.63) is 12.2 Å². The second-order valence-electron chi connectivity index (χ2n) is 5.05. The van der Waals surface area contributed by atoms with Crippen LogP contribution in [-0.4, -0.2) is 23.5 Å². The summed E-state index contributed by atoms with van der Waals surface area (Å²) >= 11 is 0. The highest BCUT2D eigenvalue weighted by Gasteiger charge is 2.24. The third-order valence-electron chi connectivity index (χ3n) is 2.05. The Hall–Kier alpha value is -1.32. The van der Waals surface area contributed by atoms with E-state index in [1.165, 1.54) is 6.08 Å². The Bertz CT molecular complexity index is 276. The first-order chi connectivity index (χ1) is 7.26. The molecule has 0 bridgehead atoms. The molecule has 0 fully saturated rings. The van der Waals surface area contributed by atoms with Gasteiger partial charge in [0.25, 0.3) is 0 Å². The standard InChI is InChI=1S/C12H21NO3/c1-5-6-10(14)13-8-9(11(15)16)7-12(2,3)4/h5-6,9H,7-8H2,1-4H3,(H,13,14)(H,15,16)/b6-5+. The first-order valence-electron chi connectivity index (χ1n) is 5.39. The van der Waals surface area contributed by atoms with E-state index in [9.17, 15) is 9.59 Å². The van der Waals surface area contributed by atoms with Gasteiger partial charge in [-0.15, -0.1) is 0 Å². The number of allylic oxidation sites excluding steroid dienone is 1. The van der Waals surface area contributed by atoms with Gasteiger partial charge >= 0.3 is 5.97 Å². The van der Waals surface area contributed by atoms with Crippen LogP contribution >= 0.6 is 0 Å². The van der Waals surface area contributed by atoms with Crippen LogP contribution in [0.5, 0.6) is 0 Å². The molecule has 16 heavy (non-hydrogen) atoms. The van der Waals surface area contributed by atoms with Gasteiger partial charge in [-0.05, 0) is 24.8 Å². The average Bonchev–Trinajstić information content (AvgIpc) is 2.10. The first kappa shape index (κ1) is 14.7. The molecule has 0 aliphatic carbocycles. The van der Waals surface area contributed by atoms with E-state index >= 15 is 0 Å². The van der Waals surface area contributed by atoms with Crippen molar-refractivity contribution in [2.45, 2.75) is 34.1 Å². The number of nitrogens with one attached hydrogen (secondary N) is 1. The van der Waals surface area contributed by atoms with Crippen molar-refractivity contribution in [1.82, 2.24) is 5.32 Å². The Balaban J connectivity index is 4.26. The maximum Gasteiger partial charge on any atom is 0.308 e. The van der Waals surface area contributed by atoms with Crippen molar-refractivity contribution in [2.24, 2.45) is 11.3 Å². The highest BCUT2D eigenvalue weighted by molar-refractivity contribution is 5.87. The zero-order valence-corrected chi connectivity index (χ0v) is 10.4. The molecule has 1 amide bonds. The molecule has 0 aromatic rings. The van der Waals surface area contributed by atoms with E-state index in [2.05, 4.69) is 5.32 Å². The largest absolute Gasteiger partial charge is 0.481 e. The van der Waals surface area contributed by atoms with Crippen LogP contribution < -0.4 is 5.32 Å². The normalized spacial score (nSPS) is 13.8. The summed E-state index contributed by atoms with van der Waals surface area (Å²) in [5, 5.41) is 11.6. The van der Waals surface area contributed by atoms with E-state index in [1.807, 2.05) is 20.8 Å². The summed E-state index contributed by atoms with van der Waals surface area (Å²) in [5.41, 5.74) is -0.0611. The highest BCUT2D eigenvalue weighted by atomic mass is 16.4. The van der Waals surface area contributed by atoms with Gasteiger partial charge in [0.15, 0.2) is 0 Å². The maximum absolute atomic E-state index is 11.1. The van der Waals surface area contributed by atoms with Crippen molar-refractivity contribution in [1.29, 1.82) is 0 Å². The molecule has 0 aliphatic rings. The Labute approximate surface area is 96.7 Å². The van der Waals surface area contributed by atoms with E-state index in [4.69, 9.17) is 5.11 Å². The summed E-state index contributed by atoms with van der Waals surface area (Å²) in [6.07, 6.45) is 3.54. The third-order valence-corrected chi connectivity index (χ3v) is 2.05. The molecule has 0 saturated carbocycles. The molecule has 0 aromatic heterocycles. The lowest BCUT2D eigenvalue weighted by Crippen LogP contribution is -2.34. The minimum Gasteiger partial charge on any atom is -0.481 e. The van der Waals surface area contributed by atoms with E-state index in [0.29, 0.717) is 6.42 Å². The maximum atomic E-state index is 11.1. The van der Waals surface area contributed by atoms with Crippen molar-refractivity contribution in [3.8, 4) is 0 Å². The topological polar surface area (TPSA) is 66.4 Å². The fourth-order valence-electron chi connectivity index (χ4n) is 1.42. The number of aliphatic carboxylic acids is 1. The van der Waals surface area contributed by atoms with Crippen LogP contribution in [0.1, 0.15) is 34.1 Å². The van der Waals surface area contributed by atoms with Crippen LogP contribution in [0, 0.1) is 11.3 Å². The van der Waals surface area contributed by atoms with Crippen molar-refractivity contribution >= 4 is 11.9 Å². The molecule has 92 valence electrons. The summed E-state index contributed by atoms with van der Waals surface area (Å²) in [6, 6.07) is 0. The fraction of sp³-hybridized carbons (Fsp3) is 0.667. The number of rotatable bonds is 5. The Morgan fingerprint density at radius 1 is 1.38 bits per heavy atom. The number of amides is 1. The number of hydrogen-bond acceptors (Lipinski definition) is 2. The predicted octanol–water partition coefficient (Wildman–Crippen LogP) is 1.82. The molecule has 2 N–H and O–H groups in total. The predicted molar refractivity (Wildman–Crippen MR) is 63.0 cm³/mol. The van der Waals surface area contributed by atoms with E-state index < -0.39 is 11.9 Å². The van der Waals surface area contributed by atoms with Crippen LogP contribution in [0.4, 0.5) is 0 Å². The van der Waals surface area contributed by atoms with E-state index in [1.54, 1.807) is 13.0 Å². The van der Waals surface area contributed by atoms with Gasteiger partial charge in [0, 0.05) is 6.54 Å². The van der Waals surface area contributed by atoms with Crippen LogP contribution in [0.2, 0.25) is 0 Å². The number of hydrogen-bond donors (Lipinski definition) is 2. The summed E-state index contributed by atoms with van der Waals surface area (Å²) in [7, 11) is 0. The lowest BCUT2D eigenvalue weighted by atomic mass is 9.84. The SMILES string of the molecule is C/C=C/C(=O)NCC(CC(C)(C)C)C(=O)O. The lowest BCUT2D eigenvalue weighted by molar-refractivity contribution is -0.142. The molecule has 0 heterocycles. The van der Waals surface area contributed by atoms with Crippen molar-refractivity contribution in [3.63, 3.8) is 0 Å². The first-order valence-corrected chi connectivity index (χ1v) is 5.39. The minimum absolute atomic E-state index is 0.0611. The molecule has 4 heteroatoms. The average molecular weight is 227 g/mol. The minimum atomic E-state index is -0.865. The van der Waals surface area contributed by atoms with Crippen LogP contribution in [0.15, 0.2) is 12.2 Å². The van der Waals surface area contributed by atoms with E-state index in [-0.39, 0.29) is 17.9 Å². The van der Waals surface area contributed by atoms with Gasteiger partial charge in [-0.2, -0.15) is 0 Å². The molecule has 0 rings (SSSR count).